The van der Waals surface area contributed by atoms with Crippen LogP contribution in [0.15, 0.2) is 6.07 Å². The second kappa shape index (κ2) is 2.00. The molecule has 1 heterocycles. The molecule has 8 heavy (non-hydrogen) atoms. The van der Waals surface area contributed by atoms with Crippen LogP contribution in [0.4, 0.5) is 10.8 Å². The Hall–Kier alpha value is -0.770. The number of anilines is 2. The molecule has 0 radical (unpaired) electrons. The molecule has 0 saturated heterocycles. The molecule has 3 N–H and O–H groups in total. The van der Waals surface area contributed by atoms with Crippen molar-refractivity contribution in [3.05, 3.63) is 6.07 Å². The number of nitrogens with one attached hydrogen (secondary N) is 1. The molecule has 0 fully saturated rings. The summed E-state index contributed by atoms with van der Waals surface area (Å²) in [6.45, 7) is 0. The first-order valence-corrected chi connectivity index (χ1v) is 3.00. The number of nitrogen functional groups attached to an aromatic ring is 1. The molecule has 0 saturated carbocycles. The van der Waals surface area contributed by atoms with Crippen LogP contribution in [0.1, 0.15) is 0 Å². The number of aromatic nitrogens is 1. The molecule has 1 aromatic rings. The fraction of sp³-hybridized carbons (Fsp3) is 0.250. The summed E-state index contributed by atoms with van der Waals surface area (Å²) >= 11 is 1.36. The standard InChI is InChI=1S/C4H7N3S/c1-6-4-2-3(5)7-8-4/h2,6H,1H3,(H2,5,7). The molecular weight excluding hydrogens is 122 g/mol. The van der Waals surface area contributed by atoms with E-state index in [1.54, 1.807) is 6.07 Å². The molecule has 0 aromatic carbocycles. The Kier molecular flexibility index (Phi) is 1.34. The molecule has 0 aliphatic rings. The molecule has 0 atom stereocenters. The quantitative estimate of drug-likeness (QED) is 0.588. The second-order valence-electron chi connectivity index (χ2n) is 1.37. The second-order valence-corrected chi connectivity index (χ2v) is 2.17. The van der Waals surface area contributed by atoms with E-state index in [9.17, 15) is 0 Å². The van der Waals surface area contributed by atoms with Crippen LogP contribution in [0.3, 0.4) is 0 Å². The van der Waals surface area contributed by atoms with Crippen molar-refractivity contribution in [2.75, 3.05) is 18.1 Å². The maximum Gasteiger partial charge on any atom is 0.139 e. The van der Waals surface area contributed by atoms with Gasteiger partial charge in [-0.05, 0) is 11.5 Å². The summed E-state index contributed by atoms with van der Waals surface area (Å²) in [6.07, 6.45) is 0. The van der Waals surface area contributed by atoms with E-state index in [1.807, 2.05) is 7.05 Å². The van der Waals surface area contributed by atoms with Gasteiger partial charge in [-0.2, -0.15) is 4.37 Å². The molecule has 0 aliphatic carbocycles. The van der Waals surface area contributed by atoms with Crippen molar-refractivity contribution in [1.82, 2.24) is 4.37 Å². The summed E-state index contributed by atoms with van der Waals surface area (Å²) in [5.74, 6) is 0.583. The summed E-state index contributed by atoms with van der Waals surface area (Å²) < 4.78 is 3.84. The third kappa shape index (κ3) is 0.894. The highest BCUT2D eigenvalue weighted by atomic mass is 32.1. The molecule has 3 nitrogen and oxygen atoms in total. The summed E-state index contributed by atoms with van der Waals surface area (Å²) in [5, 5.41) is 3.93. The van der Waals surface area contributed by atoms with Gasteiger partial charge in [-0.25, -0.2) is 0 Å². The van der Waals surface area contributed by atoms with Gasteiger partial charge in [-0.15, -0.1) is 0 Å². The molecule has 44 valence electrons. The zero-order valence-corrected chi connectivity index (χ0v) is 5.33. The van der Waals surface area contributed by atoms with Crippen LogP contribution in [0, 0.1) is 0 Å². The predicted octanol–water partition coefficient (Wildman–Crippen LogP) is 0.767. The van der Waals surface area contributed by atoms with E-state index in [1.165, 1.54) is 11.5 Å². The van der Waals surface area contributed by atoms with Gasteiger partial charge in [0.05, 0.1) is 0 Å². The van der Waals surface area contributed by atoms with Crippen molar-refractivity contribution in [2.24, 2.45) is 0 Å². The van der Waals surface area contributed by atoms with E-state index < -0.39 is 0 Å². The van der Waals surface area contributed by atoms with Crippen molar-refractivity contribution in [1.29, 1.82) is 0 Å². The number of nitrogens with two attached hydrogens (primary N) is 1. The summed E-state index contributed by atoms with van der Waals surface area (Å²) in [5.41, 5.74) is 5.31. The lowest BCUT2D eigenvalue weighted by Crippen LogP contribution is -1.82. The Labute approximate surface area is 51.7 Å². The maximum absolute atomic E-state index is 5.31. The fourth-order valence-corrected chi connectivity index (χ4v) is 0.928. The molecule has 0 spiro atoms. The van der Waals surface area contributed by atoms with Crippen molar-refractivity contribution in [3.8, 4) is 0 Å². The Morgan fingerprint density at radius 2 is 2.62 bits per heavy atom. The summed E-state index contributed by atoms with van der Waals surface area (Å²) in [4.78, 5) is 0. The van der Waals surface area contributed by atoms with Crippen LogP contribution in [-0.4, -0.2) is 11.4 Å². The minimum atomic E-state index is 0.583. The largest absolute Gasteiger partial charge is 0.383 e. The van der Waals surface area contributed by atoms with Gasteiger partial charge in [0, 0.05) is 13.1 Å². The number of nitrogens with zero attached hydrogens (tertiary/aromatic N) is 1. The normalized spacial score (nSPS) is 9.12. The zero-order valence-electron chi connectivity index (χ0n) is 4.51. The SMILES string of the molecule is CNc1cc(N)ns1. The van der Waals surface area contributed by atoms with Crippen LogP contribution in [0.25, 0.3) is 0 Å². The summed E-state index contributed by atoms with van der Waals surface area (Å²) in [6, 6.07) is 1.80. The lowest BCUT2D eigenvalue weighted by Gasteiger charge is -1.84. The topological polar surface area (TPSA) is 50.9 Å². The van der Waals surface area contributed by atoms with Gasteiger partial charge in [0.15, 0.2) is 0 Å². The van der Waals surface area contributed by atoms with E-state index in [-0.39, 0.29) is 0 Å². The molecule has 0 amide bonds. The number of hydrogen-bond donors (Lipinski definition) is 2. The van der Waals surface area contributed by atoms with E-state index in [0.29, 0.717) is 5.82 Å². The van der Waals surface area contributed by atoms with Gasteiger partial charge in [-0.1, -0.05) is 0 Å². The summed E-state index contributed by atoms with van der Waals surface area (Å²) in [7, 11) is 1.84. The molecule has 1 rings (SSSR count). The molecule has 0 bridgehead atoms. The Morgan fingerprint density at radius 3 is 2.88 bits per heavy atom. The van der Waals surface area contributed by atoms with Crippen LogP contribution in [0.2, 0.25) is 0 Å². The zero-order chi connectivity index (χ0) is 5.98. The average Bonchev–Trinajstić information content (AvgIpc) is 2.14. The Balaban J connectivity index is 2.84. The molecule has 0 aliphatic heterocycles. The van der Waals surface area contributed by atoms with Crippen molar-refractivity contribution < 1.29 is 0 Å². The van der Waals surface area contributed by atoms with Crippen LogP contribution in [-0.2, 0) is 0 Å². The highest BCUT2D eigenvalue weighted by molar-refractivity contribution is 7.10. The lowest BCUT2D eigenvalue weighted by atomic mass is 10.6. The van der Waals surface area contributed by atoms with Gasteiger partial charge in [0.25, 0.3) is 0 Å². The monoisotopic (exact) mass is 129 g/mol. The predicted molar refractivity (Wildman–Crippen MR) is 36.1 cm³/mol. The third-order valence-electron chi connectivity index (χ3n) is 0.775. The highest BCUT2D eigenvalue weighted by Gasteiger charge is 1.91. The third-order valence-corrected chi connectivity index (χ3v) is 1.60. The Morgan fingerprint density at radius 1 is 1.88 bits per heavy atom. The minimum absolute atomic E-state index is 0.583. The van der Waals surface area contributed by atoms with Gasteiger partial charge < -0.3 is 11.1 Å². The Bertz CT molecular complexity index is 172. The molecule has 1 aromatic heterocycles. The molecule has 0 unspecified atom stereocenters. The van der Waals surface area contributed by atoms with E-state index in [2.05, 4.69) is 9.69 Å². The van der Waals surface area contributed by atoms with E-state index in [0.717, 1.165) is 5.00 Å². The number of rotatable bonds is 1. The van der Waals surface area contributed by atoms with Gasteiger partial charge in [0.2, 0.25) is 0 Å². The first-order valence-electron chi connectivity index (χ1n) is 2.23. The van der Waals surface area contributed by atoms with E-state index in [4.69, 9.17) is 5.73 Å². The van der Waals surface area contributed by atoms with Crippen LogP contribution in [0.5, 0.6) is 0 Å². The minimum Gasteiger partial charge on any atom is -0.383 e. The van der Waals surface area contributed by atoms with Gasteiger partial charge >= 0.3 is 0 Å². The molecular formula is C4H7N3S. The van der Waals surface area contributed by atoms with Crippen LogP contribution < -0.4 is 11.1 Å². The molecule has 4 heteroatoms. The lowest BCUT2D eigenvalue weighted by molar-refractivity contribution is 1.55. The van der Waals surface area contributed by atoms with Crippen molar-refractivity contribution in [2.45, 2.75) is 0 Å². The van der Waals surface area contributed by atoms with E-state index >= 15 is 0 Å². The smallest absolute Gasteiger partial charge is 0.139 e. The maximum atomic E-state index is 5.31. The fourth-order valence-electron chi connectivity index (χ4n) is 0.407. The van der Waals surface area contributed by atoms with Crippen molar-refractivity contribution in [3.63, 3.8) is 0 Å². The first-order chi connectivity index (χ1) is 3.83. The van der Waals surface area contributed by atoms with Crippen molar-refractivity contribution >= 4 is 22.4 Å². The first kappa shape index (κ1) is 5.37. The number of hydrogen-bond acceptors (Lipinski definition) is 4. The van der Waals surface area contributed by atoms with Crippen LogP contribution >= 0.6 is 11.5 Å². The average molecular weight is 129 g/mol. The van der Waals surface area contributed by atoms with Gasteiger partial charge in [0.1, 0.15) is 10.8 Å². The highest BCUT2D eigenvalue weighted by Crippen LogP contribution is 2.15. The van der Waals surface area contributed by atoms with Gasteiger partial charge in [-0.3, -0.25) is 0 Å².